The molecule has 1 amide bonds. The number of amides is 1. The smallest absolute Gasteiger partial charge is 0.410 e. The minimum atomic E-state index is -0.689. The van der Waals surface area contributed by atoms with E-state index in [1.54, 1.807) is 11.0 Å². The van der Waals surface area contributed by atoms with E-state index in [9.17, 15) is 9.59 Å². The summed E-state index contributed by atoms with van der Waals surface area (Å²) in [4.78, 5) is 26.7. The van der Waals surface area contributed by atoms with Crippen LogP contribution in [0.1, 0.15) is 19.3 Å². The standard InChI is InChI=1S/C14H22N2O4/c1-2-9-20-14(19)16-8-5-12(10-16)15-6-3-11(4-7-15)13(17)18/h2,11-12H,1,3-10H2,(H,17,18). The van der Waals surface area contributed by atoms with Gasteiger partial charge in [0.15, 0.2) is 0 Å². The summed E-state index contributed by atoms with van der Waals surface area (Å²) in [6, 6.07) is 0.334. The predicted octanol–water partition coefficient (Wildman–Crippen LogP) is 1.18. The Bertz CT molecular complexity index is 377. The van der Waals surface area contributed by atoms with Crippen molar-refractivity contribution in [2.75, 3.05) is 32.8 Å². The lowest BCUT2D eigenvalue weighted by atomic mass is 9.96. The Morgan fingerprint density at radius 3 is 2.55 bits per heavy atom. The molecule has 20 heavy (non-hydrogen) atoms. The lowest BCUT2D eigenvalue weighted by Gasteiger charge is -2.34. The zero-order chi connectivity index (χ0) is 14.5. The second-order valence-electron chi connectivity index (χ2n) is 5.40. The van der Waals surface area contributed by atoms with Crippen molar-refractivity contribution in [3.05, 3.63) is 12.7 Å². The third-order valence-electron chi connectivity index (χ3n) is 4.14. The van der Waals surface area contributed by atoms with Crippen LogP contribution in [-0.4, -0.2) is 65.8 Å². The van der Waals surface area contributed by atoms with Gasteiger partial charge in [0.2, 0.25) is 0 Å². The van der Waals surface area contributed by atoms with Crippen LogP contribution in [0.15, 0.2) is 12.7 Å². The Hall–Kier alpha value is -1.56. The Labute approximate surface area is 119 Å². The van der Waals surface area contributed by atoms with E-state index in [2.05, 4.69) is 11.5 Å². The maximum atomic E-state index is 11.7. The van der Waals surface area contributed by atoms with Gasteiger partial charge in [-0.25, -0.2) is 4.79 Å². The van der Waals surface area contributed by atoms with Gasteiger partial charge in [-0.05, 0) is 32.4 Å². The lowest BCUT2D eigenvalue weighted by Crippen LogP contribution is -2.44. The maximum Gasteiger partial charge on any atom is 0.410 e. The monoisotopic (exact) mass is 282 g/mol. The van der Waals surface area contributed by atoms with Crippen LogP contribution in [0.4, 0.5) is 4.79 Å². The quantitative estimate of drug-likeness (QED) is 0.784. The van der Waals surface area contributed by atoms with Crippen LogP contribution >= 0.6 is 0 Å². The number of carbonyl (C=O) groups is 2. The van der Waals surface area contributed by atoms with Crippen molar-refractivity contribution in [1.29, 1.82) is 0 Å². The molecule has 2 rings (SSSR count). The molecule has 6 nitrogen and oxygen atoms in total. The largest absolute Gasteiger partial charge is 0.481 e. The van der Waals surface area contributed by atoms with Crippen molar-refractivity contribution in [2.45, 2.75) is 25.3 Å². The van der Waals surface area contributed by atoms with Gasteiger partial charge in [-0.2, -0.15) is 0 Å². The van der Waals surface area contributed by atoms with Gasteiger partial charge in [0.1, 0.15) is 6.61 Å². The summed E-state index contributed by atoms with van der Waals surface area (Å²) >= 11 is 0. The minimum absolute atomic E-state index is 0.207. The van der Waals surface area contributed by atoms with Crippen molar-refractivity contribution < 1.29 is 19.4 Å². The molecule has 0 aromatic rings. The molecule has 0 aromatic heterocycles. The molecular formula is C14H22N2O4. The normalized spacial score (nSPS) is 24.6. The number of likely N-dealkylation sites (tertiary alicyclic amines) is 2. The summed E-state index contributed by atoms with van der Waals surface area (Å²) < 4.78 is 5.03. The molecule has 2 heterocycles. The highest BCUT2D eigenvalue weighted by molar-refractivity contribution is 5.70. The molecule has 0 aliphatic carbocycles. The first-order valence-electron chi connectivity index (χ1n) is 7.11. The highest BCUT2D eigenvalue weighted by Gasteiger charge is 2.34. The van der Waals surface area contributed by atoms with Gasteiger partial charge in [-0.3, -0.25) is 9.69 Å². The average Bonchev–Trinajstić information content (AvgIpc) is 2.94. The number of carboxylic acid groups (broad SMARTS) is 1. The van der Waals surface area contributed by atoms with Crippen LogP contribution in [0, 0.1) is 5.92 Å². The van der Waals surface area contributed by atoms with Crippen molar-refractivity contribution >= 4 is 12.1 Å². The molecule has 1 atom stereocenters. The lowest BCUT2D eigenvalue weighted by molar-refractivity contribution is -0.143. The van der Waals surface area contributed by atoms with E-state index in [4.69, 9.17) is 9.84 Å². The van der Waals surface area contributed by atoms with Crippen LogP contribution in [0.2, 0.25) is 0 Å². The van der Waals surface area contributed by atoms with E-state index in [1.165, 1.54) is 0 Å². The molecule has 1 N–H and O–H groups in total. The summed E-state index contributed by atoms with van der Waals surface area (Å²) in [5.41, 5.74) is 0. The number of carbonyl (C=O) groups excluding carboxylic acids is 1. The highest BCUT2D eigenvalue weighted by Crippen LogP contribution is 2.23. The first-order chi connectivity index (χ1) is 9.61. The van der Waals surface area contributed by atoms with Gasteiger partial charge >= 0.3 is 12.1 Å². The van der Waals surface area contributed by atoms with E-state index in [-0.39, 0.29) is 18.6 Å². The summed E-state index contributed by atoms with van der Waals surface area (Å²) in [5.74, 6) is -0.896. The van der Waals surface area contributed by atoms with E-state index >= 15 is 0 Å². The number of hydrogen-bond acceptors (Lipinski definition) is 4. The van der Waals surface area contributed by atoms with Crippen molar-refractivity contribution in [3.63, 3.8) is 0 Å². The Kier molecular flexibility index (Phi) is 5.00. The molecular weight excluding hydrogens is 260 g/mol. The Balaban J connectivity index is 1.77. The molecule has 112 valence electrons. The second-order valence-corrected chi connectivity index (χ2v) is 5.40. The van der Waals surface area contributed by atoms with Crippen molar-refractivity contribution in [1.82, 2.24) is 9.80 Å². The number of hydrogen-bond donors (Lipinski definition) is 1. The maximum absolute atomic E-state index is 11.7. The molecule has 0 spiro atoms. The number of aliphatic carboxylic acids is 1. The summed E-state index contributed by atoms with van der Waals surface area (Å²) in [5, 5.41) is 8.99. The van der Waals surface area contributed by atoms with Crippen LogP contribution in [0.3, 0.4) is 0 Å². The van der Waals surface area contributed by atoms with Crippen molar-refractivity contribution in [3.8, 4) is 0 Å². The summed E-state index contributed by atoms with van der Waals surface area (Å²) in [6.45, 7) is 6.74. The first-order valence-corrected chi connectivity index (χ1v) is 7.11. The van der Waals surface area contributed by atoms with Crippen molar-refractivity contribution in [2.24, 2.45) is 5.92 Å². The molecule has 0 bridgehead atoms. The summed E-state index contributed by atoms with van der Waals surface area (Å²) in [7, 11) is 0. The molecule has 6 heteroatoms. The highest BCUT2D eigenvalue weighted by atomic mass is 16.6. The van der Waals surface area contributed by atoms with Gasteiger partial charge in [-0.1, -0.05) is 12.7 Å². The Morgan fingerprint density at radius 2 is 1.95 bits per heavy atom. The fourth-order valence-electron chi connectivity index (χ4n) is 2.94. The molecule has 0 aromatic carbocycles. The van der Waals surface area contributed by atoms with Crippen LogP contribution in [0.5, 0.6) is 0 Å². The molecule has 0 radical (unpaired) electrons. The SMILES string of the molecule is C=CCOC(=O)N1CCC(N2CCC(C(=O)O)CC2)C1. The fraction of sp³-hybridized carbons (Fsp3) is 0.714. The van der Waals surface area contributed by atoms with E-state index in [1.807, 2.05) is 0 Å². The third kappa shape index (κ3) is 3.50. The summed E-state index contributed by atoms with van der Waals surface area (Å²) in [6.07, 6.45) is 3.61. The number of carboxylic acids is 1. The zero-order valence-electron chi connectivity index (χ0n) is 11.7. The van der Waals surface area contributed by atoms with Gasteiger partial charge in [0, 0.05) is 19.1 Å². The third-order valence-corrected chi connectivity index (χ3v) is 4.14. The molecule has 0 saturated carbocycles. The van der Waals surface area contributed by atoms with Gasteiger partial charge in [-0.15, -0.1) is 0 Å². The van der Waals surface area contributed by atoms with Gasteiger partial charge in [0.25, 0.3) is 0 Å². The van der Waals surface area contributed by atoms with E-state index < -0.39 is 5.97 Å². The van der Waals surface area contributed by atoms with E-state index in [0.29, 0.717) is 32.0 Å². The van der Waals surface area contributed by atoms with Crippen LogP contribution in [-0.2, 0) is 9.53 Å². The molecule has 2 aliphatic rings. The Morgan fingerprint density at radius 1 is 1.25 bits per heavy atom. The van der Waals surface area contributed by atoms with Crippen LogP contribution < -0.4 is 0 Å². The predicted molar refractivity (Wildman–Crippen MR) is 73.5 cm³/mol. The average molecular weight is 282 g/mol. The number of ether oxygens (including phenoxy) is 1. The second kappa shape index (κ2) is 6.74. The van der Waals surface area contributed by atoms with Crippen LogP contribution in [0.25, 0.3) is 0 Å². The minimum Gasteiger partial charge on any atom is -0.481 e. The molecule has 2 aliphatic heterocycles. The molecule has 2 fully saturated rings. The molecule has 2 saturated heterocycles. The first kappa shape index (κ1) is 14.8. The topological polar surface area (TPSA) is 70.1 Å². The van der Waals surface area contributed by atoms with Gasteiger partial charge < -0.3 is 14.7 Å². The van der Waals surface area contributed by atoms with Gasteiger partial charge in [0.05, 0.1) is 5.92 Å². The molecule has 1 unspecified atom stereocenters. The number of piperidine rings is 1. The van der Waals surface area contributed by atoms with E-state index in [0.717, 1.165) is 19.5 Å². The number of rotatable bonds is 4. The zero-order valence-corrected chi connectivity index (χ0v) is 11.7. The fourth-order valence-corrected chi connectivity index (χ4v) is 2.94. The number of nitrogens with zero attached hydrogens (tertiary/aromatic N) is 2.